The third kappa shape index (κ3) is 6.38. The summed E-state index contributed by atoms with van der Waals surface area (Å²) in [6.07, 6.45) is 1.66. The Morgan fingerprint density at radius 2 is 1.67 bits per heavy atom. The van der Waals surface area contributed by atoms with Crippen LogP contribution in [0.4, 0.5) is 5.69 Å². The summed E-state index contributed by atoms with van der Waals surface area (Å²) in [5.41, 5.74) is 1.85. The van der Waals surface area contributed by atoms with E-state index < -0.39 is 28.5 Å². The number of methoxy groups -OCH3 is 1. The number of non-ortho nitro benzene ring substituents is 1. The van der Waals surface area contributed by atoms with E-state index in [1.165, 1.54) is 35.9 Å². The molecule has 1 aromatic heterocycles. The fourth-order valence-corrected chi connectivity index (χ4v) is 7.07. The maximum atomic E-state index is 14.6. The fraction of sp³-hybridized carbons (Fsp3) is 0.100. The topological polar surface area (TPSA) is 139 Å². The molecule has 0 saturated heterocycles. The Labute approximate surface area is 300 Å². The highest BCUT2D eigenvalue weighted by molar-refractivity contribution is 7.07. The Hall–Kier alpha value is -6.66. The van der Waals surface area contributed by atoms with E-state index in [4.69, 9.17) is 19.2 Å². The minimum absolute atomic E-state index is 0.113. The number of carbonyl (C=O) groups is 2. The predicted octanol–water partition coefficient (Wildman–Crippen LogP) is 6.22. The number of nitro groups is 1. The molecule has 0 unspecified atom stereocenters. The Morgan fingerprint density at radius 1 is 0.923 bits per heavy atom. The van der Waals surface area contributed by atoms with Gasteiger partial charge >= 0.3 is 11.9 Å². The first-order valence-electron chi connectivity index (χ1n) is 16.2. The Kier molecular flexibility index (Phi) is 9.29. The van der Waals surface area contributed by atoms with E-state index in [-0.39, 0.29) is 33.7 Å². The highest BCUT2D eigenvalue weighted by Crippen LogP contribution is 2.36. The van der Waals surface area contributed by atoms with Gasteiger partial charge in [-0.2, -0.15) is 0 Å². The van der Waals surface area contributed by atoms with Crippen molar-refractivity contribution in [3.63, 3.8) is 0 Å². The maximum absolute atomic E-state index is 14.6. The first-order valence-corrected chi connectivity index (χ1v) is 17.0. The molecule has 11 nitrogen and oxygen atoms in total. The lowest BCUT2D eigenvalue weighted by atomic mass is 9.93. The van der Waals surface area contributed by atoms with Crippen molar-refractivity contribution >= 4 is 51.5 Å². The van der Waals surface area contributed by atoms with E-state index in [0.29, 0.717) is 38.3 Å². The number of nitrogens with zero attached hydrogens (tertiary/aromatic N) is 3. The van der Waals surface area contributed by atoms with Crippen molar-refractivity contribution in [1.29, 1.82) is 0 Å². The van der Waals surface area contributed by atoms with Crippen LogP contribution in [-0.2, 0) is 9.53 Å². The van der Waals surface area contributed by atoms with Crippen LogP contribution in [0.25, 0.3) is 22.5 Å². The molecular weight excluding hydrogens is 683 g/mol. The van der Waals surface area contributed by atoms with Crippen LogP contribution in [0.3, 0.4) is 0 Å². The highest BCUT2D eigenvalue weighted by atomic mass is 32.1. The van der Waals surface area contributed by atoms with Crippen LogP contribution in [0.1, 0.15) is 40.0 Å². The van der Waals surface area contributed by atoms with Gasteiger partial charge in [-0.05, 0) is 59.7 Å². The zero-order valence-corrected chi connectivity index (χ0v) is 28.7. The summed E-state index contributed by atoms with van der Waals surface area (Å²) in [5, 5.41) is 12.7. The minimum atomic E-state index is -0.922. The van der Waals surface area contributed by atoms with Crippen LogP contribution >= 0.6 is 11.3 Å². The second kappa shape index (κ2) is 14.3. The highest BCUT2D eigenvalue weighted by Gasteiger charge is 2.35. The largest absolute Gasteiger partial charge is 0.497 e. The fourth-order valence-electron chi connectivity index (χ4n) is 6.09. The molecule has 5 aromatic carbocycles. The van der Waals surface area contributed by atoms with Gasteiger partial charge in [0.15, 0.2) is 4.80 Å². The van der Waals surface area contributed by atoms with E-state index in [0.717, 1.165) is 16.7 Å². The van der Waals surface area contributed by atoms with Gasteiger partial charge < -0.3 is 14.2 Å². The van der Waals surface area contributed by atoms with E-state index >= 15 is 0 Å². The number of rotatable bonds is 9. The van der Waals surface area contributed by atoms with Crippen LogP contribution in [0, 0.1) is 10.1 Å². The summed E-state index contributed by atoms with van der Waals surface area (Å²) in [5.74, 6) is -0.627. The number of benzene rings is 5. The molecule has 1 aliphatic heterocycles. The normalized spacial score (nSPS) is 14.0. The number of hydrogen-bond donors (Lipinski definition) is 0. The van der Waals surface area contributed by atoms with Crippen LogP contribution in [0.2, 0.25) is 0 Å². The molecule has 0 bridgehead atoms. The molecular formula is C40H29N3O8S. The molecule has 0 fully saturated rings. The molecule has 0 aliphatic carbocycles. The monoisotopic (exact) mass is 711 g/mol. The van der Waals surface area contributed by atoms with Crippen molar-refractivity contribution in [3.8, 4) is 11.5 Å². The van der Waals surface area contributed by atoms with Gasteiger partial charge in [-0.25, -0.2) is 14.6 Å². The van der Waals surface area contributed by atoms with Gasteiger partial charge in [0.25, 0.3) is 11.2 Å². The maximum Gasteiger partial charge on any atom is 0.343 e. The minimum Gasteiger partial charge on any atom is -0.497 e. The number of hydrogen-bond acceptors (Lipinski definition) is 10. The van der Waals surface area contributed by atoms with Gasteiger partial charge in [0, 0.05) is 23.3 Å². The van der Waals surface area contributed by atoms with E-state index in [1.807, 2.05) is 60.7 Å². The van der Waals surface area contributed by atoms with Gasteiger partial charge in [-0.3, -0.25) is 19.5 Å². The zero-order valence-electron chi connectivity index (χ0n) is 27.8. The van der Waals surface area contributed by atoms with E-state index in [2.05, 4.69) is 0 Å². The number of aromatic nitrogens is 1. The molecule has 0 radical (unpaired) electrons. The standard InChI is InChI=1S/C40H29N3O8S/c1-3-50-39(46)34-35(25-11-5-4-6-12-25)41-40-42(36(34)27-13-9-14-29(22-27)49-2)37(44)33(52-40)23-31-30-15-8-7-10-24(30)18-21-32(31)51-38(45)26-16-19-28(20-17-26)43(47)48/h4-23,36H,3H2,1-2H3/b33-23-/t36-/m1/s1. The number of carbonyl (C=O) groups excluding carboxylic acids is 2. The summed E-state index contributed by atoms with van der Waals surface area (Å²) in [4.78, 5) is 57.6. The number of esters is 2. The Bertz CT molecular complexity index is 2590. The lowest BCUT2D eigenvalue weighted by molar-refractivity contribution is -0.384. The van der Waals surface area contributed by atoms with Crippen LogP contribution in [0.15, 0.2) is 131 Å². The molecule has 2 heterocycles. The number of ether oxygens (including phenoxy) is 3. The average molecular weight is 712 g/mol. The first-order chi connectivity index (χ1) is 25.3. The molecule has 0 N–H and O–H groups in total. The molecule has 258 valence electrons. The van der Waals surface area contributed by atoms with Crippen LogP contribution < -0.4 is 24.4 Å². The quantitative estimate of drug-likeness (QED) is 0.0745. The third-order valence-electron chi connectivity index (χ3n) is 8.51. The van der Waals surface area contributed by atoms with Crippen LogP contribution in [-0.4, -0.2) is 35.1 Å². The summed E-state index contributed by atoms with van der Waals surface area (Å²) in [6.45, 7) is 1.83. The number of thiazole rings is 1. The lowest BCUT2D eigenvalue weighted by Crippen LogP contribution is -2.40. The number of nitro benzene ring substituents is 1. The lowest BCUT2D eigenvalue weighted by Gasteiger charge is -2.26. The van der Waals surface area contributed by atoms with Crippen molar-refractivity contribution in [2.45, 2.75) is 13.0 Å². The van der Waals surface area contributed by atoms with Crippen molar-refractivity contribution < 1.29 is 28.7 Å². The molecule has 6 aromatic rings. The summed E-state index contributed by atoms with van der Waals surface area (Å²) in [6, 6.07) is 31.5. The molecule has 1 aliphatic rings. The molecule has 1 atom stereocenters. The van der Waals surface area contributed by atoms with Crippen molar-refractivity contribution in [1.82, 2.24) is 4.57 Å². The summed E-state index contributed by atoms with van der Waals surface area (Å²) >= 11 is 1.13. The second-order valence-electron chi connectivity index (χ2n) is 11.6. The van der Waals surface area contributed by atoms with Gasteiger partial charge in [0.2, 0.25) is 0 Å². The summed E-state index contributed by atoms with van der Waals surface area (Å²) < 4.78 is 18.7. The average Bonchev–Trinajstić information content (AvgIpc) is 3.49. The van der Waals surface area contributed by atoms with Gasteiger partial charge in [0.1, 0.15) is 11.5 Å². The molecule has 0 amide bonds. The smallest absolute Gasteiger partial charge is 0.343 e. The van der Waals surface area contributed by atoms with Gasteiger partial charge in [-0.1, -0.05) is 84.1 Å². The van der Waals surface area contributed by atoms with Crippen molar-refractivity contribution in [3.05, 3.63) is 173 Å². The van der Waals surface area contributed by atoms with Gasteiger partial charge in [0.05, 0.1) is 46.0 Å². The number of fused-ring (bicyclic) bond motifs is 2. The van der Waals surface area contributed by atoms with E-state index in [9.17, 15) is 24.5 Å². The second-order valence-corrected chi connectivity index (χ2v) is 12.6. The van der Waals surface area contributed by atoms with Crippen molar-refractivity contribution in [2.75, 3.05) is 13.7 Å². The molecule has 0 saturated carbocycles. The van der Waals surface area contributed by atoms with Crippen LogP contribution in [0.5, 0.6) is 11.5 Å². The molecule has 52 heavy (non-hydrogen) atoms. The first kappa shape index (κ1) is 33.8. The Balaban J connectivity index is 1.45. The Morgan fingerprint density at radius 3 is 2.40 bits per heavy atom. The zero-order chi connectivity index (χ0) is 36.4. The summed E-state index contributed by atoms with van der Waals surface area (Å²) in [7, 11) is 1.54. The third-order valence-corrected chi connectivity index (χ3v) is 9.49. The molecule has 0 spiro atoms. The molecule has 7 rings (SSSR count). The molecule has 12 heteroatoms. The SMILES string of the molecule is CCOC(=O)C1=C(c2ccccc2)N=c2s/c(=C\c3c(OC(=O)c4ccc([N+](=O)[O-])cc4)ccc4ccccc34)c(=O)n2[C@@H]1c1cccc(OC)c1. The van der Waals surface area contributed by atoms with E-state index in [1.54, 1.807) is 43.3 Å². The van der Waals surface area contributed by atoms with Gasteiger partial charge in [-0.15, -0.1) is 0 Å². The predicted molar refractivity (Wildman–Crippen MR) is 196 cm³/mol. The van der Waals surface area contributed by atoms with Crippen molar-refractivity contribution in [2.24, 2.45) is 4.99 Å².